The van der Waals surface area contributed by atoms with E-state index in [4.69, 9.17) is 9.47 Å². The Morgan fingerprint density at radius 2 is 2.00 bits per heavy atom. The molecular weight excluding hydrogens is 266 g/mol. The van der Waals surface area contributed by atoms with Crippen molar-refractivity contribution in [2.45, 2.75) is 31.4 Å². The topological polar surface area (TPSA) is 50.7 Å². The third-order valence-corrected chi connectivity index (χ3v) is 4.07. The Balaban J connectivity index is 1.93. The van der Waals surface area contributed by atoms with E-state index < -0.39 is 6.10 Å². The lowest BCUT2D eigenvalue weighted by molar-refractivity contribution is 0.0530. The van der Waals surface area contributed by atoms with Gasteiger partial charge in [-0.1, -0.05) is 30.3 Å². The van der Waals surface area contributed by atoms with Gasteiger partial charge in [-0.15, -0.1) is 0 Å². The van der Waals surface area contributed by atoms with Gasteiger partial charge >= 0.3 is 0 Å². The second-order valence-electron chi connectivity index (χ2n) is 5.77. The number of rotatable bonds is 8. The van der Waals surface area contributed by atoms with E-state index in [1.54, 1.807) is 7.11 Å². The zero-order chi connectivity index (χ0) is 14.9. The molecule has 1 unspecified atom stereocenters. The molecule has 1 fully saturated rings. The molecule has 2 atom stereocenters. The second-order valence-corrected chi connectivity index (χ2v) is 5.77. The van der Waals surface area contributed by atoms with Gasteiger partial charge in [-0.05, 0) is 30.7 Å². The van der Waals surface area contributed by atoms with Crippen LogP contribution in [0.2, 0.25) is 0 Å². The summed E-state index contributed by atoms with van der Waals surface area (Å²) < 4.78 is 10.4. The Morgan fingerprint density at radius 3 is 2.67 bits per heavy atom. The van der Waals surface area contributed by atoms with Crippen LogP contribution < -0.4 is 5.32 Å². The Hall–Kier alpha value is -0.940. The van der Waals surface area contributed by atoms with Crippen LogP contribution in [0, 0.1) is 5.92 Å². The van der Waals surface area contributed by atoms with Crippen molar-refractivity contribution in [1.29, 1.82) is 0 Å². The summed E-state index contributed by atoms with van der Waals surface area (Å²) in [5.41, 5.74) is 1.29. The van der Waals surface area contributed by atoms with E-state index in [1.807, 2.05) is 6.07 Å². The molecule has 118 valence electrons. The first-order valence-corrected chi connectivity index (χ1v) is 7.82. The summed E-state index contributed by atoms with van der Waals surface area (Å²) >= 11 is 0. The Morgan fingerprint density at radius 1 is 1.29 bits per heavy atom. The van der Waals surface area contributed by atoms with Crippen molar-refractivity contribution in [1.82, 2.24) is 5.32 Å². The molecule has 0 saturated carbocycles. The van der Waals surface area contributed by atoms with Crippen LogP contribution in [0.3, 0.4) is 0 Å². The molecule has 0 amide bonds. The molecule has 0 aromatic heterocycles. The molecule has 1 aromatic rings. The SMILES string of the molecule is COC[C@@H](O)CNC(CC1CCOCC1)c1ccccc1. The van der Waals surface area contributed by atoms with Crippen LogP contribution in [-0.4, -0.2) is 44.7 Å². The number of hydrogen-bond acceptors (Lipinski definition) is 4. The summed E-state index contributed by atoms with van der Waals surface area (Å²) in [6.45, 7) is 2.67. The normalized spacial score (nSPS) is 19.3. The van der Waals surface area contributed by atoms with Crippen LogP contribution >= 0.6 is 0 Å². The summed E-state index contributed by atoms with van der Waals surface area (Å²) in [7, 11) is 1.61. The Labute approximate surface area is 127 Å². The highest BCUT2D eigenvalue weighted by atomic mass is 16.5. The molecule has 0 bridgehead atoms. The molecular formula is C17H27NO3. The maximum absolute atomic E-state index is 9.84. The van der Waals surface area contributed by atoms with Crippen molar-refractivity contribution >= 4 is 0 Å². The van der Waals surface area contributed by atoms with Gasteiger partial charge in [0.25, 0.3) is 0 Å². The van der Waals surface area contributed by atoms with Gasteiger partial charge < -0.3 is 19.9 Å². The van der Waals surface area contributed by atoms with Crippen molar-refractivity contribution < 1.29 is 14.6 Å². The molecule has 2 N–H and O–H groups in total. The van der Waals surface area contributed by atoms with E-state index in [-0.39, 0.29) is 6.04 Å². The van der Waals surface area contributed by atoms with Crippen LogP contribution in [0.25, 0.3) is 0 Å². The number of aliphatic hydroxyl groups excluding tert-OH is 1. The standard InChI is InChI=1S/C17H27NO3/c1-20-13-16(19)12-18-17(15-5-3-2-4-6-15)11-14-7-9-21-10-8-14/h2-6,14,16-19H,7-13H2,1H3/t16-,17?/m0/s1. The molecule has 4 nitrogen and oxygen atoms in total. The third kappa shape index (κ3) is 5.75. The number of hydrogen-bond donors (Lipinski definition) is 2. The fourth-order valence-corrected chi connectivity index (χ4v) is 2.87. The minimum Gasteiger partial charge on any atom is -0.389 e. The summed E-state index contributed by atoms with van der Waals surface area (Å²) in [6.07, 6.45) is 2.89. The second kappa shape index (κ2) is 9.15. The fraction of sp³-hybridized carbons (Fsp3) is 0.647. The van der Waals surface area contributed by atoms with Crippen LogP contribution in [0.5, 0.6) is 0 Å². The van der Waals surface area contributed by atoms with Crippen LogP contribution in [0.15, 0.2) is 30.3 Å². The predicted molar refractivity (Wildman–Crippen MR) is 83.2 cm³/mol. The van der Waals surface area contributed by atoms with E-state index >= 15 is 0 Å². The lowest BCUT2D eigenvalue weighted by Crippen LogP contribution is -2.34. The minimum absolute atomic E-state index is 0.279. The number of methoxy groups -OCH3 is 1. The van der Waals surface area contributed by atoms with Gasteiger partial charge in [0, 0.05) is 32.9 Å². The van der Waals surface area contributed by atoms with E-state index in [2.05, 4.69) is 29.6 Å². The number of nitrogens with one attached hydrogen (secondary N) is 1. The quantitative estimate of drug-likeness (QED) is 0.771. The molecule has 1 aliphatic rings. The van der Waals surface area contributed by atoms with Gasteiger partial charge in [0.05, 0.1) is 12.7 Å². The van der Waals surface area contributed by atoms with Gasteiger partial charge in [0.2, 0.25) is 0 Å². The molecule has 1 aromatic carbocycles. The van der Waals surface area contributed by atoms with Crippen LogP contribution in [0.4, 0.5) is 0 Å². The predicted octanol–water partition coefficient (Wildman–Crippen LogP) is 2.14. The van der Waals surface area contributed by atoms with Crippen molar-refractivity contribution in [2.24, 2.45) is 5.92 Å². The van der Waals surface area contributed by atoms with Crippen LogP contribution in [-0.2, 0) is 9.47 Å². The van der Waals surface area contributed by atoms with E-state index in [0.29, 0.717) is 19.1 Å². The maximum Gasteiger partial charge on any atom is 0.0897 e. The Kier molecular flexibility index (Phi) is 7.16. The van der Waals surface area contributed by atoms with E-state index in [0.717, 1.165) is 32.5 Å². The molecule has 0 spiro atoms. The molecule has 0 aliphatic carbocycles. The van der Waals surface area contributed by atoms with E-state index in [1.165, 1.54) is 5.56 Å². The highest BCUT2D eigenvalue weighted by Crippen LogP contribution is 2.27. The van der Waals surface area contributed by atoms with Gasteiger partial charge in [0.1, 0.15) is 0 Å². The molecule has 2 rings (SSSR count). The first kappa shape index (κ1) is 16.4. The first-order valence-electron chi connectivity index (χ1n) is 7.82. The summed E-state index contributed by atoms with van der Waals surface area (Å²) in [4.78, 5) is 0. The van der Waals surface area contributed by atoms with E-state index in [9.17, 15) is 5.11 Å². The highest BCUT2D eigenvalue weighted by molar-refractivity contribution is 5.19. The van der Waals surface area contributed by atoms with Gasteiger partial charge in [-0.3, -0.25) is 0 Å². The fourth-order valence-electron chi connectivity index (χ4n) is 2.87. The van der Waals surface area contributed by atoms with Gasteiger partial charge in [-0.2, -0.15) is 0 Å². The largest absolute Gasteiger partial charge is 0.389 e. The molecule has 1 aliphatic heterocycles. The van der Waals surface area contributed by atoms with Crippen LogP contribution in [0.1, 0.15) is 30.9 Å². The van der Waals surface area contributed by atoms with Crippen molar-refractivity contribution in [3.8, 4) is 0 Å². The zero-order valence-corrected chi connectivity index (χ0v) is 12.8. The zero-order valence-electron chi connectivity index (χ0n) is 12.8. The smallest absolute Gasteiger partial charge is 0.0897 e. The average Bonchev–Trinajstić information content (AvgIpc) is 2.53. The monoisotopic (exact) mass is 293 g/mol. The lowest BCUT2D eigenvalue weighted by atomic mass is 9.89. The summed E-state index contributed by atoms with van der Waals surface area (Å²) in [6, 6.07) is 10.8. The van der Waals surface area contributed by atoms with Crippen molar-refractivity contribution in [3.05, 3.63) is 35.9 Å². The lowest BCUT2D eigenvalue weighted by Gasteiger charge is -2.28. The van der Waals surface area contributed by atoms with Crippen molar-refractivity contribution in [2.75, 3.05) is 33.5 Å². The molecule has 1 saturated heterocycles. The minimum atomic E-state index is -0.462. The third-order valence-electron chi connectivity index (χ3n) is 4.07. The first-order chi connectivity index (χ1) is 10.3. The van der Waals surface area contributed by atoms with Gasteiger partial charge in [-0.25, -0.2) is 0 Å². The summed E-state index contributed by atoms with van der Waals surface area (Å²) in [5.74, 6) is 0.691. The highest BCUT2D eigenvalue weighted by Gasteiger charge is 2.21. The molecule has 4 heteroatoms. The number of ether oxygens (including phenoxy) is 2. The summed E-state index contributed by atoms with van der Waals surface area (Å²) in [5, 5.41) is 13.3. The van der Waals surface area contributed by atoms with Crippen molar-refractivity contribution in [3.63, 3.8) is 0 Å². The average molecular weight is 293 g/mol. The molecule has 21 heavy (non-hydrogen) atoms. The molecule has 1 heterocycles. The van der Waals surface area contributed by atoms with Gasteiger partial charge in [0.15, 0.2) is 0 Å². The Bertz CT molecular complexity index is 379. The number of aliphatic hydroxyl groups is 1. The maximum atomic E-state index is 9.84. The number of benzene rings is 1. The molecule has 0 radical (unpaired) electrons.